The van der Waals surface area contributed by atoms with E-state index < -0.39 is 0 Å². The van der Waals surface area contributed by atoms with E-state index in [9.17, 15) is 4.79 Å². The van der Waals surface area contributed by atoms with Crippen LogP contribution in [0.2, 0.25) is 0 Å². The average molecular weight is 424 g/mol. The second-order valence-electron chi connectivity index (χ2n) is 5.83. The first kappa shape index (κ1) is 17.6. The molecule has 25 heavy (non-hydrogen) atoms. The second kappa shape index (κ2) is 6.97. The Morgan fingerprint density at radius 1 is 1.40 bits per heavy atom. The van der Waals surface area contributed by atoms with Crippen LogP contribution in [0.4, 0.5) is 5.69 Å². The van der Waals surface area contributed by atoms with Crippen LogP contribution in [-0.4, -0.2) is 25.5 Å². The SMILES string of the molecule is Cl.Nc1ccc2c(c1)CCCC2NC(=O)c1nc2ncc(Br)cn2n1. The van der Waals surface area contributed by atoms with Gasteiger partial charge in [0.15, 0.2) is 0 Å². The van der Waals surface area contributed by atoms with Gasteiger partial charge < -0.3 is 11.1 Å². The number of fused-ring (bicyclic) bond motifs is 2. The molecule has 1 aliphatic rings. The fraction of sp³-hybridized carbons (Fsp3) is 0.250. The number of nitrogens with one attached hydrogen (secondary N) is 1. The molecule has 2 aromatic heterocycles. The van der Waals surface area contributed by atoms with Crippen molar-refractivity contribution in [3.05, 3.63) is 52.0 Å². The maximum Gasteiger partial charge on any atom is 0.291 e. The van der Waals surface area contributed by atoms with Crippen LogP contribution in [0.3, 0.4) is 0 Å². The Balaban J connectivity index is 0.00000182. The van der Waals surface area contributed by atoms with Crippen molar-refractivity contribution in [2.24, 2.45) is 0 Å². The molecule has 0 radical (unpaired) electrons. The molecule has 4 rings (SSSR count). The first-order valence-electron chi connectivity index (χ1n) is 7.67. The van der Waals surface area contributed by atoms with E-state index in [4.69, 9.17) is 5.73 Å². The summed E-state index contributed by atoms with van der Waals surface area (Å²) in [5.41, 5.74) is 8.92. The molecule has 3 N–H and O–H groups in total. The Labute approximate surface area is 158 Å². The van der Waals surface area contributed by atoms with Gasteiger partial charge in [-0.2, -0.15) is 4.98 Å². The van der Waals surface area contributed by atoms with Crippen molar-refractivity contribution in [3.8, 4) is 0 Å². The van der Waals surface area contributed by atoms with E-state index in [0.717, 1.165) is 35.0 Å². The summed E-state index contributed by atoms with van der Waals surface area (Å²) in [5.74, 6) is 0.203. The molecule has 0 spiro atoms. The summed E-state index contributed by atoms with van der Waals surface area (Å²) in [6.45, 7) is 0. The molecule has 7 nitrogen and oxygen atoms in total. The highest BCUT2D eigenvalue weighted by molar-refractivity contribution is 9.10. The number of aryl methyl sites for hydroxylation is 1. The fourth-order valence-corrected chi connectivity index (χ4v) is 3.36. The lowest BCUT2D eigenvalue weighted by atomic mass is 9.87. The number of hydrogen-bond donors (Lipinski definition) is 2. The lowest BCUT2D eigenvalue weighted by molar-refractivity contribution is 0.0922. The molecule has 130 valence electrons. The van der Waals surface area contributed by atoms with Crippen LogP contribution in [0, 0.1) is 0 Å². The third-order valence-corrected chi connectivity index (χ3v) is 4.56. The molecule has 1 unspecified atom stereocenters. The van der Waals surface area contributed by atoms with Crippen molar-refractivity contribution in [1.29, 1.82) is 0 Å². The van der Waals surface area contributed by atoms with Gasteiger partial charge in [-0.3, -0.25) is 4.79 Å². The number of nitrogens with zero attached hydrogens (tertiary/aromatic N) is 4. The maximum absolute atomic E-state index is 12.5. The molecule has 0 bridgehead atoms. The van der Waals surface area contributed by atoms with Gasteiger partial charge in [-0.1, -0.05) is 6.07 Å². The molecule has 1 aromatic carbocycles. The summed E-state index contributed by atoms with van der Waals surface area (Å²) >= 11 is 3.32. The minimum absolute atomic E-state index is 0. The van der Waals surface area contributed by atoms with Gasteiger partial charge in [-0.15, -0.1) is 17.5 Å². The first-order valence-corrected chi connectivity index (χ1v) is 8.46. The van der Waals surface area contributed by atoms with Gasteiger partial charge in [-0.25, -0.2) is 9.50 Å². The quantitative estimate of drug-likeness (QED) is 0.618. The molecule has 0 aliphatic heterocycles. The smallest absolute Gasteiger partial charge is 0.291 e. The van der Waals surface area contributed by atoms with Crippen molar-refractivity contribution in [2.45, 2.75) is 25.3 Å². The van der Waals surface area contributed by atoms with E-state index in [0.29, 0.717) is 5.78 Å². The third-order valence-electron chi connectivity index (χ3n) is 4.15. The summed E-state index contributed by atoms with van der Waals surface area (Å²) in [4.78, 5) is 20.8. The number of carbonyl (C=O) groups is 1. The second-order valence-corrected chi connectivity index (χ2v) is 6.74. The highest BCUT2D eigenvalue weighted by Crippen LogP contribution is 2.31. The number of carbonyl (C=O) groups excluding carboxylic acids is 1. The predicted molar refractivity (Wildman–Crippen MR) is 99.7 cm³/mol. The molecule has 1 amide bonds. The molecule has 0 saturated carbocycles. The van der Waals surface area contributed by atoms with Crippen molar-refractivity contribution < 1.29 is 4.79 Å². The number of benzene rings is 1. The predicted octanol–water partition coefficient (Wildman–Crippen LogP) is 2.70. The van der Waals surface area contributed by atoms with E-state index in [1.165, 1.54) is 10.1 Å². The number of hydrogen-bond acceptors (Lipinski definition) is 5. The molecular weight excluding hydrogens is 408 g/mol. The van der Waals surface area contributed by atoms with Gasteiger partial charge in [0.25, 0.3) is 11.7 Å². The normalized spacial score (nSPS) is 16.1. The van der Waals surface area contributed by atoms with E-state index in [2.05, 4.69) is 36.3 Å². The molecule has 2 heterocycles. The van der Waals surface area contributed by atoms with Crippen LogP contribution in [0.5, 0.6) is 0 Å². The minimum Gasteiger partial charge on any atom is -0.399 e. The largest absolute Gasteiger partial charge is 0.399 e. The topological polar surface area (TPSA) is 98.2 Å². The maximum atomic E-state index is 12.5. The molecule has 0 fully saturated rings. The Hall–Kier alpha value is -2.19. The summed E-state index contributed by atoms with van der Waals surface area (Å²) < 4.78 is 2.25. The average Bonchev–Trinajstić information content (AvgIpc) is 2.98. The van der Waals surface area contributed by atoms with E-state index in [-0.39, 0.29) is 30.2 Å². The van der Waals surface area contributed by atoms with E-state index >= 15 is 0 Å². The summed E-state index contributed by atoms with van der Waals surface area (Å²) in [6, 6.07) is 5.80. The van der Waals surface area contributed by atoms with Crippen LogP contribution in [0.25, 0.3) is 5.78 Å². The zero-order valence-electron chi connectivity index (χ0n) is 13.1. The van der Waals surface area contributed by atoms with Gasteiger partial charge in [0.1, 0.15) is 0 Å². The van der Waals surface area contributed by atoms with Crippen molar-refractivity contribution in [3.63, 3.8) is 0 Å². The minimum atomic E-state index is -0.300. The van der Waals surface area contributed by atoms with Crippen LogP contribution in [-0.2, 0) is 6.42 Å². The zero-order valence-corrected chi connectivity index (χ0v) is 15.5. The van der Waals surface area contributed by atoms with Crippen molar-refractivity contribution >= 4 is 45.7 Å². The Morgan fingerprint density at radius 3 is 3.08 bits per heavy atom. The monoisotopic (exact) mass is 422 g/mol. The summed E-state index contributed by atoms with van der Waals surface area (Å²) in [7, 11) is 0. The number of aromatic nitrogens is 4. The lowest BCUT2D eigenvalue weighted by Crippen LogP contribution is -2.31. The molecule has 0 saturated heterocycles. The molecule has 1 atom stereocenters. The Morgan fingerprint density at radius 2 is 2.24 bits per heavy atom. The molecule has 3 aromatic rings. The number of amides is 1. The van der Waals surface area contributed by atoms with Gasteiger partial charge in [-0.05, 0) is 58.5 Å². The number of halogens is 2. The highest BCUT2D eigenvalue weighted by Gasteiger charge is 2.24. The molecule has 9 heteroatoms. The Kier molecular flexibility index (Phi) is 4.91. The highest BCUT2D eigenvalue weighted by atomic mass is 79.9. The molecular formula is C16H16BrClN6O. The van der Waals surface area contributed by atoms with Gasteiger partial charge >= 0.3 is 0 Å². The number of nitrogens with two attached hydrogens (primary N) is 1. The van der Waals surface area contributed by atoms with Crippen LogP contribution in [0.15, 0.2) is 35.1 Å². The number of nitrogen functional groups attached to an aromatic ring is 1. The van der Waals surface area contributed by atoms with Gasteiger partial charge in [0.05, 0.1) is 10.5 Å². The number of rotatable bonds is 2. The van der Waals surface area contributed by atoms with Crippen LogP contribution < -0.4 is 11.1 Å². The van der Waals surface area contributed by atoms with Crippen LogP contribution >= 0.6 is 28.3 Å². The summed E-state index contributed by atoms with van der Waals surface area (Å²) in [6.07, 6.45) is 6.21. The number of anilines is 1. The third kappa shape index (κ3) is 3.45. The van der Waals surface area contributed by atoms with Crippen LogP contribution in [0.1, 0.15) is 40.6 Å². The van der Waals surface area contributed by atoms with Gasteiger partial charge in [0, 0.05) is 18.1 Å². The Bertz CT molecular complexity index is 944. The van der Waals surface area contributed by atoms with Crippen molar-refractivity contribution in [2.75, 3.05) is 5.73 Å². The lowest BCUT2D eigenvalue weighted by Gasteiger charge is -2.26. The molecule has 1 aliphatic carbocycles. The summed E-state index contributed by atoms with van der Waals surface area (Å²) in [5, 5.41) is 7.22. The van der Waals surface area contributed by atoms with Gasteiger partial charge in [0.2, 0.25) is 5.82 Å². The van der Waals surface area contributed by atoms with E-state index in [1.807, 2.05) is 18.2 Å². The first-order chi connectivity index (χ1) is 11.6. The zero-order chi connectivity index (χ0) is 16.7. The fourth-order valence-electron chi connectivity index (χ4n) is 3.06. The van der Waals surface area contributed by atoms with E-state index in [1.54, 1.807) is 12.4 Å². The standard InChI is InChI=1S/C16H15BrN6O.ClH/c17-10-7-19-16-21-14(22-23(16)8-10)15(24)20-13-3-1-2-9-6-11(18)4-5-12(9)13;/h4-8,13H,1-3,18H2,(H,20,24);1H. The van der Waals surface area contributed by atoms with Crippen molar-refractivity contribution in [1.82, 2.24) is 24.9 Å².